The Kier molecular flexibility index (Phi) is 10.8. The molecule has 0 radical (unpaired) electrons. The van der Waals surface area contributed by atoms with Gasteiger partial charge in [0.05, 0.1) is 16.1 Å². The molecule has 1 aromatic carbocycles. The van der Waals surface area contributed by atoms with Gasteiger partial charge in [-0.25, -0.2) is 4.98 Å². The van der Waals surface area contributed by atoms with Crippen LogP contribution in [0.5, 0.6) is 0 Å². The van der Waals surface area contributed by atoms with E-state index in [4.69, 9.17) is 5.73 Å². The predicted molar refractivity (Wildman–Crippen MR) is 152 cm³/mol. The van der Waals surface area contributed by atoms with Crippen molar-refractivity contribution in [3.63, 3.8) is 0 Å². The van der Waals surface area contributed by atoms with Crippen molar-refractivity contribution in [2.24, 2.45) is 11.1 Å². The SMILES string of the molecule is Cc1ncsc1-c1ccc(CNC(=O)C2CCCN2C(=O)C(NC(=O)CCCCCCN)C(C)(C)C)cc1. The van der Waals surface area contributed by atoms with E-state index < -0.39 is 17.5 Å². The third kappa shape index (κ3) is 8.11. The Bertz CT molecular complexity index is 1080. The van der Waals surface area contributed by atoms with E-state index in [0.717, 1.165) is 53.8 Å². The molecule has 2 heterocycles. The van der Waals surface area contributed by atoms with E-state index in [2.05, 4.69) is 15.6 Å². The van der Waals surface area contributed by atoms with Gasteiger partial charge in [-0.3, -0.25) is 14.4 Å². The molecule has 0 spiro atoms. The lowest BCUT2D eigenvalue weighted by Crippen LogP contribution is -2.57. The van der Waals surface area contributed by atoms with Crippen molar-refractivity contribution < 1.29 is 14.4 Å². The van der Waals surface area contributed by atoms with Crippen molar-refractivity contribution in [1.29, 1.82) is 0 Å². The average molecular weight is 542 g/mol. The van der Waals surface area contributed by atoms with Crippen LogP contribution in [0, 0.1) is 12.3 Å². The Morgan fingerprint density at radius 1 is 1.13 bits per heavy atom. The number of hydrogen-bond donors (Lipinski definition) is 3. The average Bonchev–Trinajstić information content (AvgIpc) is 3.54. The second-order valence-corrected chi connectivity index (χ2v) is 12.0. The molecular formula is C29H43N5O3S. The van der Waals surface area contributed by atoms with E-state index in [1.54, 1.807) is 16.2 Å². The minimum Gasteiger partial charge on any atom is -0.350 e. The Morgan fingerprint density at radius 3 is 2.47 bits per heavy atom. The number of carbonyl (C=O) groups is 3. The standard InChI is InChI=1S/C29H43N5O3S/c1-20-25(38-19-32-20)22-14-12-21(13-15-22)18-31-27(36)23-10-9-17-34(23)28(37)26(29(2,3)4)33-24(35)11-7-5-6-8-16-30/h12-15,19,23,26H,5-11,16-18,30H2,1-4H3,(H,31,36)(H,33,35). The molecule has 2 aromatic rings. The fourth-order valence-corrected chi connectivity index (χ4v) is 5.61. The molecule has 1 fully saturated rings. The molecule has 3 rings (SSSR count). The summed E-state index contributed by atoms with van der Waals surface area (Å²) in [6.07, 6.45) is 5.45. The van der Waals surface area contributed by atoms with Crippen LogP contribution >= 0.6 is 11.3 Å². The molecule has 4 N–H and O–H groups in total. The number of hydrogen-bond acceptors (Lipinski definition) is 6. The fourth-order valence-electron chi connectivity index (χ4n) is 4.79. The molecule has 1 saturated heterocycles. The molecule has 1 aliphatic heterocycles. The molecule has 38 heavy (non-hydrogen) atoms. The number of amides is 3. The molecule has 208 valence electrons. The summed E-state index contributed by atoms with van der Waals surface area (Å²) in [6.45, 7) is 9.40. The van der Waals surface area contributed by atoms with Gasteiger partial charge in [-0.1, -0.05) is 57.9 Å². The number of aryl methyl sites for hydroxylation is 1. The second-order valence-electron chi connectivity index (χ2n) is 11.2. The minimum atomic E-state index is -0.685. The van der Waals surface area contributed by atoms with Crippen LogP contribution in [0.1, 0.15) is 77.0 Å². The lowest BCUT2D eigenvalue weighted by molar-refractivity contribution is -0.143. The smallest absolute Gasteiger partial charge is 0.246 e. The van der Waals surface area contributed by atoms with E-state index in [9.17, 15) is 14.4 Å². The quantitative estimate of drug-likeness (QED) is 0.349. The first-order chi connectivity index (χ1) is 18.1. The van der Waals surface area contributed by atoms with Crippen molar-refractivity contribution in [3.05, 3.63) is 41.0 Å². The molecule has 2 atom stereocenters. The van der Waals surface area contributed by atoms with Crippen LogP contribution in [0.15, 0.2) is 29.8 Å². The maximum Gasteiger partial charge on any atom is 0.246 e. The highest BCUT2D eigenvalue weighted by molar-refractivity contribution is 7.13. The number of unbranched alkanes of at least 4 members (excludes halogenated alkanes) is 3. The van der Waals surface area contributed by atoms with Crippen molar-refractivity contribution in [3.8, 4) is 10.4 Å². The largest absolute Gasteiger partial charge is 0.350 e. The number of nitrogens with two attached hydrogens (primary N) is 1. The maximum absolute atomic E-state index is 13.6. The number of likely N-dealkylation sites (tertiary alicyclic amines) is 1. The van der Waals surface area contributed by atoms with Gasteiger partial charge in [0, 0.05) is 19.5 Å². The molecule has 0 aliphatic carbocycles. The highest BCUT2D eigenvalue weighted by Crippen LogP contribution is 2.28. The summed E-state index contributed by atoms with van der Waals surface area (Å²) in [5.41, 5.74) is 10.0. The second kappa shape index (κ2) is 13.8. The first-order valence-electron chi connectivity index (χ1n) is 13.7. The van der Waals surface area contributed by atoms with Crippen LogP contribution < -0.4 is 16.4 Å². The summed E-state index contributed by atoms with van der Waals surface area (Å²) in [6, 6.07) is 6.89. The lowest BCUT2D eigenvalue weighted by atomic mass is 9.85. The number of rotatable bonds is 12. The van der Waals surface area contributed by atoms with Gasteiger partial charge in [0.2, 0.25) is 17.7 Å². The molecule has 0 saturated carbocycles. The zero-order valence-electron chi connectivity index (χ0n) is 23.2. The van der Waals surface area contributed by atoms with Crippen LogP contribution in [0.25, 0.3) is 10.4 Å². The Morgan fingerprint density at radius 2 is 1.84 bits per heavy atom. The van der Waals surface area contributed by atoms with Gasteiger partial charge in [0.25, 0.3) is 0 Å². The fraction of sp³-hybridized carbons (Fsp3) is 0.586. The van der Waals surface area contributed by atoms with Gasteiger partial charge in [0.15, 0.2) is 0 Å². The number of thiazole rings is 1. The van der Waals surface area contributed by atoms with E-state index >= 15 is 0 Å². The van der Waals surface area contributed by atoms with Crippen molar-refractivity contribution in [2.75, 3.05) is 13.1 Å². The van der Waals surface area contributed by atoms with E-state index in [1.807, 2.05) is 57.5 Å². The molecule has 2 unspecified atom stereocenters. The van der Waals surface area contributed by atoms with Gasteiger partial charge < -0.3 is 21.3 Å². The lowest BCUT2D eigenvalue weighted by Gasteiger charge is -2.35. The van der Waals surface area contributed by atoms with Gasteiger partial charge in [-0.2, -0.15) is 0 Å². The van der Waals surface area contributed by atoms with Crippen LogP contribution in [-0.2, 0) is 20.9 Å². The van der Waals surface area contributed by atoms with Gasteiger partial charge in [0.1, 0.15) is 12.1 Å². The summed E-state index contributed by atoms with van der Waals surface area (Å²) in [7, 11) is 0. The number of aromatic nitrogens is 1. The van der Waals surface area contributed by atoms with E-state index in [0.29, 0.717) is 32.5 Å². The number of carbonyl (C=O) groups excluding carboxylic acids is 3. The molecule has 1 aliphatic rings. The first-order valence-corrected chi connectivity index (χ1v) is 14.6. The predicted octanol–water partition coefficient (Wildman–Crippen LogP) is 4.17. The highest BCUT2D eigenvalue weighted by Gasteiger charge is 2.41. The third-order valence-corrected chi connectivity index (χ3v) is 8.02. The van der Waals surface area contributed by atoms with E-state index in [-0.39, 0.29) is 17.7 Å². The zero-order valence-corrected chi connectivity index (χ0v) is 24.0. The van der Waals surface area contributed by atoms with Crippen LogP contribution in [0.2, 0.25) is 0 Å². The summed E-state index contributed by atoms with van der Waals surface area (Å²) < 4.78 is 0. The summed E-state index contributed by atoms with van der Waals surface area (Å²) in [5.74, 6) is -0.462. The molecule has 8 nitrogen and oxygen atoms in total. The molecular weight excluding hydrogens is 498 g/mol. The van der Waals surface area contributed by atoms with Crippen molar-refractivity contribution in [2.45, 2.75) is 91.3 Å². The van der Waals surface area contributed by atoms with Crippen LogP contribution in [-0.4, -0.2) is 52.8 Å². The first kappa shape index (κ1) is 29.8. The normalized spacial score (nSPS) is 16.3. The van der Waals surface area contributed by atoms with Gasteiger partial charge in [-0.05, 0) is 55.7 Å². The Balaban J connectivity index is 1.57. The molecule has 9 heteroatoms. The third-order valence-electron chi connectivity index (χ3n) is 7.04. The maximum atomic E-state index is 13.6. The van der Waals surface area contributed by atoms with Crippen LogP contribution in [0.3, 0.4) is 0 Å². The number of benzene rings is 1. The molecule has 0 bridgehead atoms. The Labute approximate surface area is 230 Å². The van der Waals surface area contributed by atoms with Gasteiger partial charge >= 0.3 is 0 Å². The summed E-state index contributed by atoms with van der Waals surface area (Å²) in [4.78, 5) is 46.5. The van der Waals surface area contributed by atoms with Crippen molar-refractivity contribution >= 4 is 29.1 Å². The molecule has 1 aromatic heterocycles. The zero-order chi connectivity index (χ0) is 27.7. The summed E-state index contributed by atoms with van der Waals surface area (Å²) >= 11 is 1.61. The monoisotopic (exact) mass is 541 g/mol. The van der Waals surface area contributed by atoms with E-state index in [1.165, 1.54) is 0 Å². The van der Waals surface area contributed by atoms with Crippen molar-refractivity contribution in [1.82, 2.24) is 20.5 Å². The molecule has 3 amide bonds. The topological polar surface area (TPSA) is 117 Å². The Hall–Kier alpha value is -2.78. The van der Waals surface area contributed by atoms with Crippen LogP contribution in [0.4, 0.5) is 0 Å². The summed E-state index contributed by atoms with van der Waals surface area (Å²) in [5, 5.41) is 5.99. The highest BCUT2D eigenvalue weighted by atomic mass is 32.1. The number of nitrogens with one attached hydrogen (secondary N) is 2. The minimum absolute atomic E-state index is 0.122. The number of nitrogens with zero attached hydrogens (tertiary/aromatic N) is 2. The van der Waals surface area contributed by atoms with Gasteiger partial charge in [-0.15, -0.1) is 11.3 Å².